The summed E-state index contributed by atoms with van der Waals surface area (Å²) in [5.74, 6) is -0.423. The average Bonchev–Trinajstić information content (AvgIpc) is 2.88. The third-order valence-corrected chi connectivity index (χ3v) is 3.46. The molecule has 1 aromatic heterocycles. The van der Waals surface area contributed by atoms with Crippen molar-refractivity contribution in [2.24, 2.45) is 0 Å². The number of hydrogen-bond donors (Lipinski definition) is 2. The molecule has 0 bridgehead atoms. The number of aromatic hydroxyl groups is 1. The number of carbonyl (C=O) groups is 2. The zero-order valence-electron chi connectivity index (χ0n) is 11.3. The molecule has 6 nitrogen and oxygen atoms in total. The number of carbonyl (C=O) groups excluding carboxylic acids is 2. The van der Waals surface area contributed by atoms with Crippen molar-refractivity contribution in [1.29, 1.82) is 0 Å². The Morgan fingerprint density at radius 3 is 2.67 bits per heavy atom. The van der Waals surface area contributed by atoms with Crippen molar-refractivity contribution < 1.29 is 19.4 Å². The van der Waals surface area contributed by atoms with Crippen LogP contribution in [0.4, 0.5) is 5.13 Å². The number of nitrogens with one attached hydrogen (secondary N) is 1. The lowest BCUT2D eigenvalue weighted by Crippen LogP contribution is -2.14. The summed E-state index contributed by atoms with van der Waals surface area (Å²) in [5, 5.41) is 14.0. The van der Waals surface area contributed by atoms with E-state index in [9.17, 15) is 14.7 Å². The molecular weight excluding hydrogens is 292 g/mol. The second kappa shape index (κ2) is 6.85. The fourth-order valence-corrected chi connectivity index (χ4v) is 2.35. The number of benzene rings is 1. The van der Waals surface area contributed by atoms with Gasteiger partial charge in [-0.2, -0.15) is 0 Å². The smallest absolute Gasteiger partial charge is 0.311 e. The minimum absolute atomic E-state index is 0.0842. The first-order valence-electron chi connectivity index (χ1n) is 6.16. The van der Waals surface area contributed by atoms with Gasteiger partial charge in [0.15, 0.2) is 5.13 Å². The minimum atomic E-state index is -0.373. The SMILES string of the molecule is COC(=O)Cc1csc(NC(=O)Cc2ccc(O)cc2)n1. The van der Waals surface area contributed by atoms with Gasteiger partial charge in [0, 0.05) is 5.38 Å². The van der Waals surface area contributed by atoms with Crippen LogP contribution in [-0.4, -0.2) is 29.1 Å². The van der Waals surface area contributed by atoms with Crippen LogP contribution in [0.5, 0.6) is 5.75 Å². The Bertz CT molecular complexity index is 637. The van der Waals surface area contributed by atoms with Crippen molar-refractivity contribution in [3.8, 4) is 5.75 Å². The minimum Gasteiger partial charge on any atom is -0.508 e. The third kappa shape index (κ3) is 4.57. The molecule has 0 fully saturated rings. The van der Waals surface area contributed by atoms with Crippen LogP contribution in [0.2, 0.25) is 0 Å². The highest BCUT2D eigenvalue weighted by atomic mass is 32.1. The molecule has 0 aliphatic carbocycles. The summed E-state index contributed by atoms with van der Waals surface area (Å²) < 4.78 is 4.55. The number of anilines is 1. The maximum atomic E-state index is 11.9. The van der Waals surface area contributed by atoms with Gasteiger partial charge in [-0.15, -0.1) is 11.3 Å². The number of phenolic OH excluding ortho intramolecular Hbond substituents is 1. The van der Waals surface area contributed by atoms with Crippen LogP contribution in [0.15, 0.2) is 29.6 Å². The number of rotatable bonds is 5. The third-order valence-electron chi connectivity index (χ3n) is 2.65. The summed E-state index contributed by atoms with van der Waals surface area (Å²) in [6, 6.07) is 6.42. The molecule has 1 heterocycles. The van der Waals surface area contributed by atoms with Crippen LogP contribution in [0.3, 0.4) is 0 Å². The largest absolute Gasteiger partial charge is 0.508 e. The summed E-state index contributed by atoms with van der Waals surface area (Å²) >= 11 is 1.25. The van der Waals surface area contributed by atoms with Gasteiger partial charge in [-0.3, -0.25) is 9.59 Å². The van der Waals surface area contributed by atoms with E-state index in [4.69, 9.17) is 0 Å². The lowest BCUT2D eigenvalue weighted by Gasteiger charge is -2.02. The van der Waals surface area contributed by atoms with Crippen LogP contribution >= 0.6 is 11.3 Å². The first-order valence-corrected chi connectivity index (χ1v) is 7.04. The van der Waals surface area contributed by atoms with Crippen molar-refractivity contribution in [2.75, 3.05) is 12.4 Å². The molecule has 0 aliphatic heterocycles. The van der Waals surface area contributed by atoms with Gasteiger partial charge in [-0.1, -0.05) is 12.1 Å². The Labute approximate surface area is 125 Å². The van der Waals surface area contributed by atoms with E-state index < -0.39 is 0 Å². The van der Waals surface area contributed by atoms with E-state index in [0.29, 0.717) is 10.8 Å². The molecule has 2 rings (SSSR count). The van der Waals surface area contributed by atoms with Crippen LogP contribution in [0.1, 0.15) is 11.3 Å². The van der Waals surface area contributed by atoms with Crippen LogP contribution < -0.4 is 5.32 Å². The zero-order chi connectivity index (χ0) is 15.2. The van der Waals surface area contributed by atoms with E-state index in [1.54, 1.807) is 17.5 Å². The molecule has 110 valence electrons. The van der Waals surface area contributed by atoms with Crippen molar-refractivity contribution in [2.45, 2.75) is 12.8 Å². The molecule has 0 saturated heterocycles. The summed E-state index contributed by atoms with van der Waals surface area (Å²) in [6.07, 6.45) is 0.271. The van der Waals surface area contributed by atoms with E-state index in [1.807, 2.05) is 0 Å². The van der Waals surface area contributed by atoms with Crippen molar-refractivity contribution in [1.82, 2.24) is 4.98 Å². The van der Waals surface area contributed by atoms with E-state index in [1.165, 1.54) is 30.6 Å². The van der Waals surface area contributed by atoms with Crippen LogP contribution in [0, 0.1) is 0 Å². The maximum absolute atomic E-state index is 11.9. The highest BCUT2D eigenvalue weighted by Crippen LogP contribution is 2.17. The predicted molar refractivity (Wildman–Crippen MR) is 78.3 cm³/mol. The number of hydrogen-bond acceptors (Lipinski definition) is 6. The van der Waals surface area contributed by atoms with Gasteiger partial charge in [-0.05, 0) is 17.7 Å². The Morgan fingerprint density at radius 2 is 2.00 bits per heavy atom. The van der Waals surface area contributed by atoms with E-state index >= 15 is 0 Å². The molecule has 0 radical (unpaired) electrons. The first kappa shape index (κ1) is 15.0. The van der Waals surface area contributed by atoms with Crippen molar-refractivity contribution in [3.63, 3.8) is 0 Å². The molecule has 7 heteroatoms. The molecule has 0 aliphatic rings. The lowest BCUT2D eigenvalue weighted by molar-refractivity contribution is -0.139. The standard InChI is InChI=1S/C14H14N2O4S/c1-20-13(19)7-10-8-21-14(15-10)16-12(18)6-9-2-4-11(17)5-3-9/h2-5,8,17H,6-7H2,1H3,(H,15,16,18). The van der Waals surface area contributed by atoms with E-state index in [2.05, 4.69) is 15.0 Å². The number of methoxy groups -OCH3 is 1. The van der Waals surface area contributed by atoms with Gasteiger partial charge in [-0.25, -0.2) is 4.98 Å². The van der Waals surface area contributed by atoms with Crippen molar-refractivity contribution in [3.05, 3.63) is 40.9 Å². The molecule has 0 unspecified atom stereocenters. The van der Waals surface area contributed by atoms with Crippen molar-refractivity contribution >= 4 is 28.3 Å². The molecule has 2 N–H and O–H groups in total. The predicted octanol–water partition coefficient (Wildman–Crippen LogP) is 1.75. The van der Waals surface area contributed by atoms with Crippen LogP contribution in [0.25, 0.3) is 0 Å². The van der Waals surface area contributed by atoms with Gasteiger partial charge in [0.1, 0.15) is 5.75 Å². The fourth-order valence-electron chi connectivity index (χ4n) is 1.63. The number of aromatic nitrogens is 1. The fraction of sp³-hybridized carbons (Fsp3) is 0.214. The number of ether oxygens (including phenoxy) is 1. The summed E-state index contributed by atoms with van der Waals surface area (Å²) in [6.45, 7) is 0. The Balaban J connectivity index is 1.90. The van der Waals surface area contributed by atoms with E-state index in [0.717, 1.165) is 5.56 Å². The molecule has 1 amide bonds. The maximum Gasteiger partial charge on any atom is 0.311 e. The summed E-state index contributed by atoms with van der Waals surface area (Å²) in [7, 11) is 1.31. The molecule has 0 spiro atoms. The highest BCUT2D eigenvalue weighted by Gasteiger charge is 2.10. The molecule has 2 aromatic rings. The lowest BCUT2D eigenvalue weighted by atomic mass is 10.1. The molecular formula is C14H14N2O4S. The molecule has 0 atom stereocenters. The number of nitrogens with zero attached hydrogens (tertiary/aromatic N) is 1. The van der Waals surface area contributed by atoms with Gasteiger partial charge in [0.25, 0.3) is 0 Å². The summed E-state index contributed by atoms with van der Waals surface area (Å²) in [5.41, 5.74) is 1.35. The average molecular weight is 306 g/mol. The summed E-state index contributed by atoms with van der Waals surface area (Å²) in [4.78, 5) is 27.1. The molecule has 0 saturated carbocycles. The number of amides is 1. The molecule has 1 aromatic carbocycles. The Morgan fingerprint density at radius 1 is 1.29 bits per heavy atom. The van der Waals surface area contributed by atoms with Gasteiger partial charge >= 0.3 is 5.97 Å². The van der Waals surface area contributed by atoms with Gasteiger partial charge in [0.05, 0.1) is 25.6 Å². The van der Waals surface area contributed by atoms with Crippen LogP contribution in [-0.2, 0) is 27.2 Å². The second-order valence-corrected chi connectivity index (χ2v) is 5.15. The topological polar surface area (TPSA) is 88.5 Å². The first-order chi connectivity index (χ1) is 10.1. The Hall–Kier alpha value is -2.41. The highest BCUT2D eigenvalue weighted by molar-refractivity contribution is 7.13. The molecule has 21 heavy (non-hydrogen) atoms. The second-order valence-electron chi connectivity index (χ2n) is 4.29. The van der Waals surface area contributed by atoms with Gasteiger partial charge < -0.3 is 15.2 Å². The normalized spacial score (nSPS) is 10.1. The van der Waals surface area contributed by atoms with Gasteiger partial charge in [0.2, 0.25) is 5.91 Å². The monoisotopic (exact) mass is 306 g/mol. The zero-order valence-corrected chi connectivity index (χ0v) is 12.1. The number of thiazole rings is 1. The Kier molecular flexibility index (Phi) is 4.89. The number of esters is 1. The quantitative estimate of drug-likeness (QED) is 0.822. The number of phenols is 1. The van der Waals surface area contributed by atoms with E-state index in [-0.39, 0.29) is 30.5 Å².